The molecule has 0 fully saturated rings. The predicted molar refractivity (Wildman–Crippen MR) is 73.8 cm³/mol. The van der Waals surface area contributed by atoms with Gasteiger partial charge < -0.3 is 5.32 Å². The lowest BCUT2D eigenvalue weighted by Gasteiger charge is -2.16. The minimum absolute atomic E-state index is 0.0428. The molecule has 0 aliphatic carbocycles. The monoisotopic (exact) mass is 300 g/mol. The first-order valence-electron chi connectivity index (χ1n) is 6.15. The average molecular weight is 300 g/mol. The van der Waals surface area contributed by atoms with E-state index >= 15 is 0 Å². The molecule has 0 bridgehead atoms. The zero-order chi connectivity index (χ0) is 14.8. The summed E-state index contributed by atoms with van der Waals surface area (Å²) in [6.45, 7) is 1.93. The molecule has 1 aromatic carbocycles. The van der Waals surface area contributed by atoms with Crippen LogP contribution >= 0.6 is 11.3 Å². The normalized spacial score (nSPS) is 13.4. The molecule has 6 heteroatoms. The van der Waals surface area contributed by atoms with Gasteiger partial charge in [-0.1, -0.05) is 12.1 Å². The minimum atomic E-state index is -4.29. The van der Waals surface area contributed by atoms with Gasteiger partial charge in [-0.2, -0.15) is 13.2 Å². The molecule has 2 rings (SSSR count). The van der Waals surface area contributed by atoms with Gasteiger partial charge in [-0.05, 0) is 31.7 Å². The molecular weight excluding hydrogens is 285 g/mol. The average Bonchev–Trinajstić information content (AvgIpc) is 2.81. The van der Waals surface area contributed by atoms with Crippen molar-refractivity contribution in [2.75, 3.05) is 7.05 Å². The molecule has 108 valence electrons. The van der Waals surface area contributed by atoms with Crippen molar-refractivity contribution in [1.82, 2.24) is 10.3 Å². The highest BCUT2D eigenvalue weighted by Gasteiger charge is 2.30. The minimum Gasteiger partial charge on any atom is -0.313 e. The van der Waals surface area contributed by atoms with E-state index in [1.807, 2.05) is 12.3 Å². The number of benzene rings is 1. The zero-order valence-corrected chi connectivity index (χ0v) is 12.0. The number of rotatable bonds is 4. The van der Waals surface area contributed by atoms with Crippen LogP contribution in [0, 0.1) is 6.92 Å². The summed E-state index contributed by atoms with van der Waals surface area (Å²) >= 11 is 1.57. The molecule has 1 aromatic heterocycles. The molecule has 1 N–H and O–H groups in total. The lowest BCUT2D eigenvalue weighted by atomic mass is 10.0. The first-order valence-corrected chi connectivity index (χ1v) is 7.03. The number of nitrogens with one attached hydrogen (secondary N) is 1. The van der Waals surface area contributed by atoms with Gasteiger partial charge in [-0.25, -0.2) is 4.98 Å². The van der Waals surface area contributed by atoms with Gasteiger partial charge in [0.05, 0.1) is 16.3 Å². The summed E-state index contributed by atoms with van der Waals surface area (Å²) in [4.78, 5) is 4.38. The van der Waals surface area contributed by atoms with Crippen molar-refractivity contribution in [3.05, 3.63) is 51.5 Å². The van der Waals surface area contributed by atoms with E-state index in [4.69, 9.17) is 0 Å². The summed E-state index contributed by atoms with van der Waals surface area (Å²) in [6.07, 6.45) is -3.63. The van der Waals surface area contributed by atoms with Crippen LogP contribution in [0.4, 0.5) is 13.2 Å². The van der Waals surface area contributed by atoms with E-state index in [1.165, 1.54) is 12.1 Å². The number of alkyl halides is 3. The van der Waals surface area contributed by atoms with Gasteiger partial charge in [0.15, 0.2) is 0 Å². The number of hydrogen-bond donors (Lipinski definition) is 1. The van der Waals surface area contributed by atoms with Crippen molar-refractivity contribution in [3.63, 3.8) is 0 Å². The first kappa shape index (κ1) is 15.0. The van der Waals surface area contributed by atoms with Gasteiger partial charge >= 0.3 is 6.18 Å². The van der Waals surface area contributed by atoms with Crippen LogP contribution in [0.1, 0.15) is 27.9 Å². The van der Waals surface area contributed by atoms with Crippen LogP contribution in [0.2, 0.25) is 0 Å². The molecule has 1 heterocycles. The Morgan fingerprint density at radius 1 is 1.25 bits per heavy atom. The lowest BCUT2D eigenvalue weighted by molar-refractivity contribution is -0.137. The fraction of sp³-hybridized carbons (Fsp3) is 0.357. The lowest BCUT2D eigenvalue weighted by Crippen LogP contribution is -2.19. The van der Waals surface area contributed by atoms with Crippen LogP contribution in [-0.4, -0.2) is 12.0 Å². The standard InChI is InChI=1S/C14H15F3N2S/c1-9-19-12(8-20-9)7-13(18-2)10-3-5-11(6-4-10)14(15,16)17/h3-6,8,13,18H,7H2,1-2H3. The Kier molecular flexibility index (Phi) is 4.45. The van der Waals surface area contributed by atoms with Crippen LogP contribution in [0.25, 0.3) is 0 Å². The summed E-state index contributed by atoms with van der Waals surface area (Å²) < 4.78 is 37.6. The number of aryl methyl sites for hydroxylation is 1. The molecular formula is C14H15F3N2S. The molecule has 2 aromatic rings. The molecule has 2 nitrogen and oxygen atoms in total. The van der Waals surface area contributed by atoms with Crippen molar-refractivity contribution in [3.8, 4) is 0 Å². The van der Waals surface area contributed by atoms with Gasteiger partial charge in [0.1, 0.15) is 0 Å². The third kappa shape index (κ3) is 3.58. The molecule has 1 unspecified atom stereocenters. The number of thiazole rings is 1. The number of halogens is 3. The largest absolute Gasteiger partial charge is 0.416 e. The number of likely N-dealkylation sites (N-methyl/N-ethyl adjacent to an activating group) is 1. The summed E-state index contributed by atoms with van der Waals surface area (Å²) in [6, 6.07) is 5.23. The third-order valence-electron chi connectivity index (χ3n) is 3.07. The second-order valence-corrected chi connectivity index (χ2v) is 5.59. The van der Waals surface area contributed by atoms with E-state index < -0.39 is 11.7 Å². The van der Waals surface area contributed by atoms with E-state index in [2.05, 4.69) is 10.3 Å². The molecule has 20 heavy (non-hydrogen) atoms. The Hall–Kier alpha value is -1.40. The number of aromatic nitrogens is 1. The SMILES string of the molecule is CNC(Cc1csc(C)n1)c1ccc(C(F)(F)F)cc1. The summed E-state index contributed by atoms with van der Waals surface area (Å²) in [5, 5.41) is 6.08. The van der Waals surface area contributed by atoms with E-state index in [0.717, 1.165) is 28.4 Å². The van der Waals surface area contributed by atoms with E-state index in [9.17, 15) is 13.2 Å². The molecule has 0 saturated carbocycles. The van der Waals surface area contributed by atoms with Gasteiger partial charge in [0.25, 0.3) is 0 Å². The molecule has 0 aliphatic rings. The number of hydrogen-bond acceptors (Lipinski definition) is 3. The highest BCUT2D eigenvalue weighted by molar-refractivity contribution is 7.09. The summed E-state index contributed by atoms with van der Waals surface area (Å²) in [5.41, 5.74) is 1.15. The Balaban J connectivity index is 2.15. The van der Waals surface area contributed by atoms with Crippen LogP contribution in [-0.2, 0) is 12.6 Å². The van der Waals surface area contributed by atoms with Crippen molar-refractivity contribution in [1.29, 1.82) is 0 Å². The molecule has 0 spiro atoms. The highest BCUT2D eigenvalue weighted by Crippen LogP contribution is 2.30. The predicted octanol–water partition coefficient (Wildman–Crippen LogP) is 3.97. The fourth-order valence-electron chi connectivity index (χ4n) is 2.00. The molecule has 0 radical (unpaired) electrons. The number of nitrogens with zero attached hydrogens (tertiary/aromatic N) is 1. The van der Waals surface area contributed by atoms with E-state index in [0.29, 0.717) is 6.42 Å². The van der Waals surface area contributed by atoms with Crippen LogP contribution in [0.3, 0.4) is 0 Å². The second-order valence-electron chi connectivity index (χ2n) is 4.52. The Morgan fingerprint density at radius 2 is 1.90 bits per heavy atom. The highest BCUT2D eigenvalue weighted by atomic mass is 32.1. The molecule has 1 atom stereocenters. The van der Waals surface area contributed by atoms with Crippen LogP contribution in [0.15, 0.2) is 29.6 Å². The molecule has 0 aliphatic heterocycles. The maximum absolute atomic E-state index is 12.5. The zero-order valence-electron chi connectivity index (χ0n) is 11.2. The Labute approximate surface area is 119 Å². The fourth-order valence-corrected chi connectivity index (χ4v) is 2.63. The first-order chi connectivity index (χ1) is 9.40. The summed E-state index contributed by atoms with van der Waals surface area (Å²) in [5.74, 6) is 0. The van der Waals surface area contributed by atoms with E-state index in [1.54, 1.807) is 18.4 Å². The molecule has 0 amide bonds. The van der Waals surface area contributed by atoms with Crippen LogP contribution < -0.4 is 5.32 Å². The van der Waals surface area contributed by atoms with Gasteiger partial charge in [-0.3, -0.25) is 0 Å². The van der Waals surface area contributed by atoms with Gasteiger partial charge in [0.2, 0.25) is 0 Å². The van der Waals surface area contributed by atoms with E-state index in [-0.39, 0.29) is 6.04 Å². The topological polar surface area (TPSA) is 24.9 Å². The van der Waals surface area contributed by atoms with Crippen molar-refractivity contribution in [2.45, 2.75) is 25.6 Å². The quantitative estimate of drug-likeness (QED) is 0.924. The van der Waals surface area contributed by atoms with Crippen molar-refractivity contribution < 1.29 is 13.2 Å². The molecule has 0 saturated heterocycles. The van der Waals surface area contributed by atoms with Crippen molar-refractivity contribution >= 4 is 11.3 Å². The third-order valence-corrected chi connectivity index (χ3v) is 3.89. The summed E-state index contributed by atoms with van der Waals surface area (Å²) in [7, 11) is 1.79. The van der Waals surface area contributed by atoms with Gasteiger partial charge in [0, 0.05) is 17.8 Å². The van der Waals surface area contributed by atoms with Crippen LogP contribution in [0.5, 0.6) is 0 Å². The maximum Gasteiger partial charge on any atom is 0.416 e. The maximum atomic E-state index is 12.5. The Bertz CT molecular complexity index is 561. The van der Waals surface area contributed by atoms with Crippen molar-refractivity contribution in [2.24, 2.45) is 0 Å². The second kappa shape index (κ2) is 5.93. The smallest absolute Gasteiger partial charge is 0.313 e. The Morgan fingerprint density at radius 3 is 2.35 bits per heavy atom. The van der Waals surface area contributed by atoms with Gasteiger partial charge in [-0.15, -0.1) is 11.3 Å².